The number of ether oxygens (including phenoxy) is 2. The number of amides is 2. The molecule has 1 saturated heterocycles. The lowest BCUT2D eigenvalue weighted by Gasteiger charge is -2.10. The zero-order valence-electron chi connectivity index (χ0n) is 15.2. The van der Waals surface area contributed by atoms with Crippen LogP contribution in [0.1, 0.15) is 11.1 Å². The normalized spacial score (nSPS) is 15.1. The van der Waals surface area contributed by atoms with E-state index >= 15 is 0 Å². The molecule has 1 heterocycles. The van der Waals surface area contributed by atoms with Gasteiger partial charge in [0.25, 0.3) is 11.1 Å². The molecule has 1 fully saturated rings. The molecule has 0 spiro atoms. The molecule has 0 unspecified atom stereocenters. The summed E-state index contributed by atoms with van der Waals surface area (Å²) in [4.78, 5) is 36.8. The standard InChI is InChI=1S/C20H15Cl2NO5S/c1-27-18(24)10-23-19(25)17(29-20(23)26)8-12-3-2-4-15(7-12)28-11-13-5-6-14(21)9-16(13)22/h2-9H,10-11H2,1H3/b17-8+. The molecular formula is C20H15Cl2NO5S. The second-order valence-electron chi connectivity index (χ2n) is 5.94. The monoisotopic (exact) mass is 451 g/mol. The fraction of sp³-hybridized carbons (Fsp3) is 0.150. The van der Waals surface area contributed by atoms with Crippen LogP contribution in [-0.4, -0.2) is 35.7 Å². The third-order valence-corrected chi connectivity index (χ3v) is 5.45. The lowest BCUT2D eigenvalue weighted by Crippen LogP contribution is -2.34. The molecule has 6 nitrogen and oxygen atoms in total. The van der Waals surface area contributed by atoms with Crippen LogP contribution in [0.25, 0.3) is 6.08 Å². The molecule has 0 radical (unpaired) electrons. The van der Waals surface area contributed by atoms with Crippen LogP contribution in [0.15, 0.2) is 47.4 Å². The van der Waals surface area contributed by atoms with Gasteiger partial charge in [-0.05, 0) is 47.7 Å². The van der Waals surface area contributed by atoms with E-state index in [2.05, 4.69) is 4.74 Å². The third-order valence-electron chi connectivity index (χ3n) is 3.95. The third kappa shape index (κ3) is 5.32. The number of carbonyl (C=O) groups excluding carboxylic acids is 3. The van der Waals surface area contributed by atoms with Crippen molar-refractivity contribution in [3.05, 3.63) is 68.5 Å². The number of nitrogens with zero attached hydrogens (tertiary/aromatic N) is 1. The summed E-state index contributed by atoms with van der Waals surface area (Å²) in [7, 11) is 1.19. The molecule has 2 amide bonds. The van der Waals surface area contributed by atoms with E-state index in [1.54, 1.807) is 48.5 Å². The summed E-state index contributed by atoms with van der Waals surface area (Å²) in [6.45, 7) is -0.168. The average molecular weight is 452 g/mol. The first-order valence-electron chi connectivity index (χ1n) is 8.36. The Morgan fingerprint density at radius 2 is 1.97 bits per heavy atom. The SMILES string of the molecule is COC(=O)CN1C(=O)S/C(=C/c2cccc(OCc3ccc(Cl)cc3Cl)c2)C1=O. The van der Waals surface area contributed by atoms with E-state index in [1.165, 1.54) is 7.11 Å². The van der Waals surface area contributed by atoms with Crippen LogP contribution in [0, 0.1) is 0 Å². The van der Waals surface area contributed by atoms with E-state index in [0.29, 0.717) is 21.4 Å². The molecule has 2 aromatic carbocycles. The van der Waals surface area contributed by atoms with Crippen LogP contribution in [0.3, 0.4) is 0 Å². The van der Waals surface area contributed by atoms with Crippen LogP contribution in [0.4, 0.5) is 4.79 Å². The Balaban J connectivity index is 1.71. The molecule has 0 bridgehead atoms. The Bertz CT molecular complexity index is 1010. The number of imide groups is 1. The molecule has 0 aromatic heterocycles. The van der Waals surface area contributed by atoms with Crippen LogP contribution in [0.2, 0.25) is 10.0 Å². The Morgan fingerprint density at radius 3 is 2.69 bits per heavy atom. The number of halogens is 2. The number of carbonyl (C=O) groups is 3. The zero-order chi connectivity index (χ0) is 21.0. The van der Waals surface area contributed by atoms with E-state index in [1.807, 2.05) is 0 Å². The predicted molar refractivity (Wildman–Crippen MR) is 112 cm³/mol. The van der Waals surface area contributed by atoms with E-state index in [0.717, 1.165) is 22.2 Å². The van der Waals surface area contributed by atoms with Gasteiger partial charge in [0.15, 0.2) is 0 Å². The second-order valence-corrected chi connectivity index (χ2v) is 7.78. The average Bonchev–Trinajstić information content (AvgIpc) is 2.95. The molecule has 2 aromatic rings. The van der Waals surface area contributed by atoms with Crippen molar-refractivity contribution in [2.24, 2.45) is 0 Å². The minimum Gasteiger partial charge on any atom is -0.489 e. The van der Waals surface area contributed by atoms with E-state index in [9.17, 15) is 14.4 Å². The number of esters is 1. The summed E-state index contributed by atoms with van der Waals surface area (Å²) >= 11 is 12.8. The Kier molecular flexibility index (Phi) is 6.84. The molecular weight excluding hydrogens is 437 g/mol. The summed E-state index contributed by atoms with van der Waals surface area (Å²) < 4.78 is 10.3. The van der Waals surface area contributed by atoms with Crippen molar-refractivity contribution in [3.63, 3.8) is 0 Å². The molecule has 1 aliphatic rings. The molecule has 150 valence electrons. The van der Waals surface area contributed by atoms with Gasteiger partial charge in [0.1, 0.15) is 18.9 Å². The fourth-order valence-electron chi connectivity index (χ4n) is 2.48. The molecule has 0 atom stereocenters. The van der Waals surface area contributed by atoms with Gasteiger partial charge in [0.05, 0.1) is 12.0 Å². The van der Waals surface area contributed by atoms with Gasteiger partial charge in [-0.2, -0.15) is 0 Å². The second kappa shape index (κ2) is 9.35. The molecule has 0 N–H and O–H groups in total. The van der Waals surface area contributed by atoms with Gasteiger partial charge in [0, 0.05) is 15.6 Å². The van der Waals surface area contributed by atoms with Gasteiger partial charge in [-0.3, -0.25) is 19.3 Å². The molecule has 0 saturated carbocycles. The molecule has 0 aliphatic carbocycles. The first-order chi connectivity index (χ1) is 13.9. The van der Waals surface area contributed by atoms with Crippen molar-refractivity contribution < 1.29 is 23.9 Å². The van der Waals surface area contributed by atoms with Gasteiger partial charge < -0.3 is 9.47 Å². The van der Waals surface area contributed by atoms with Crippen LogP contribution >= 0.6 is 35.0 Å². The predicted octanol–water partition coefficient (Wildman–Crippen LogP) is 4.78. The number of thioether (sulfide) groups is 1. The largest absolute Gasteiger partial charge is 0.489 e. The first-order valence-corrected chi connectivity index (χ1v) is 9.93. The number of hydrogen-bond acceptors (Lipinski definition) is 6. The van der Waals surface area contributed by atoms with Crippen LogP contribution in [0.5, 0.6) is 5.75 Å². The first kappa shape index (κ1) is 21.2. The molecule has 3 rings (SSSR count). The van der Waals surface area contributed by atoms with Crippen LogP contribution in [-0.2, 0) is 20.9 Å². The number of methoxy groups -OCH3 is 1. The Morgan fingerprint density at radius 1 is 1.17 bits per heavy atom. The fourth-order valence-corrected chi connectivity index (χ4v) is 3.78. The van der Waals surface area contributed by atoms with Crippen molar-refractivity contribution in [2.75, 3.05) is 13.7 Å². The maximum Gasteiger partial charge on any atom is 0.325 e. The van der Waals surface area contributed by atoms with Crippen molar-refractivity contribution in [3.8, 4) is 5.75 Å². The maximum absolute atomic E-state index is 12.4. The summed E-state index contributed by atoms with van der Waals surface area (Å²) in [5, 5.41) is 0.534. The number of benzene rings is 2. The highest BCUT2D eigenvalue weighted by molar-refractivity contribution is 8.18. The molecule has 9 heteroatoms. The smallest absolute Gasteiger partial charge is 0.325 e. The number of rotatable bonds is 6. The highest BCUT2D eigenvalue weighted by Crippen LogP contribution is 2.32. The minimum absolute atomic E-state index is 0.219. The summed E-state index contributed by atoms with van der Waals surface area (Å²) in [5.41, 5.74) is 1.46. The Labute approximate surface area is 181 Å². The van der Waals surface area contributed by atoms with Gasteiger partial charge in [-0.15, -0.1) is 0 Å². The maximum atomic E-state index is 12.4. The molecule has 29 heavy (non-hydrogen) atoms. The van der Waals surface area contributed by atoms with Crippen molar-refractivity contribution in [1.29, 1.82) is 0 Å². The van der Waals surface area contributed by atoms with E-state index < -0.39 is 23.7 Å². The number of hydrogen-bond donors (Lipinski definition) is 0. The van der Waals surface area contributed by atoms with Gasteiger partial charge >= 0.3 is 5.97 Å². The van der Waals surface area contributed by atoms with Gasteiger partial charge in [-0.1, -0.05) is 41.4 Å². The zero-order valence-corrected chi connectivity index (χ0v) is 17.5. The lowest BCUT2D eigenvalue weighted by molar-refractivity contribution is -0.143. The minimum atomic E-state index is -0.662. The highest BCUT2D eigenvalue weighted by atomic mass is 35.5. The topological polar surface area (TPSA) is 72.9 Å². The lowest BCUT2D eigenvalue weighted by atomic mass is 10.2. The Hall–Kier alpha value is -2.48. The van der Waals surface area contributed by atoms with Crippen molar-refractivity contribution in [2.45, 2.75) is 6.61 Å². The van der Waals surface area contributed by atoms with Gasteiger partial charge in [0.2, 0.25) is 0 Å². The summed E-state index contributed by atoms with van der Waals surface area (Å²) in [6.07, 6.45) is 1.57. The summed E-state index contributed by atoms with van der Waals surface area (Å²) in [5.74, 6) is -0.631. The van der Waals surface area contributed by atoms with Crippen molar-refractivity contribution >= 4 is 58.2 Å². The van der Waals surface area contributed by atoms with E-state index in [-0.39, 0.29) is 11.5 Å². The summed E-state index contributed by atoms with van der Waals surface area (Å²) in [6, 6.07) is 12.2. The van der Waals surface area contributed by atoms with Crippen molar-refractivity contribution in [1.82, 2.24) is 4.90 Å². The van der Waals surface area contributed by atoms with E-state index in [4.69, 9.17) is 27.9 Å². The van der Waals surface area contributed by atoms with Gasteiger partial charge in [-0.25, -0.2) is 0 Å². The van der Waals surface area contributed by atoms with Crippen LogP contribution < -0.4 is 4.74 Å². The molecule has 1 aliphatic heterocycles. The quantitative estimate of drug-likeness (QED) is 0.464. The highest BCUT2D eigenvalue weighted by Gasteiger charge is 2.36.